The number of fused-ring (bicyclic) bond motifs is 12. The number of aliphatic imine (C=N–C) groups is 1. The van der Waals surface area contributed by atoms with Crippen LogP contribution >= 0.6 is 11.8 Å². The van der Waals surface area contributed by atoms with Crippen molar-refractivity contribution in [3.8, 4) is 0 Å². The monoisotopic (exact) mass is 778 g/mol. The first kappa shape index (κ1) is 36.4. The molecule has 0 bridgehead atoms. The second-order valence-corrected chi connectivity index (χ2v) is 16.1. The molecule has 0 saturated carbocycles. The van der Waals surface area contributed by atoms with Gasteiger partial charge in [-0.1, -0.05) is 175 Å². The zero-order valence-corrected chi connectivity index (χ0v) is 33.6. The molecule has 0 saturated heterocycles. The van der Waals surface area contributed by atoms with Crippen LogP contribution in [0, 0.1) is 6.92 Å². The van der Waals surface area contributed by atoms with Crippen LogP contribution in [-0.2, 0) is 5.41 Å². The van der Waals surface area contributed by atoms with Gasteiger partial charge in [-0.05, 0) is 90.0 Å². The molecule has 1 atom stereocenters. The summed E-state index contributed by atoms with van der Waals surface area (Å²) in [5.74, 6) is 0.713. The lowest BCUT2D eigenvalue weighted by Crippen LogP contribution is -2.39. The first-order valence-corrected chi connectivity index (χ1v) is 20.8. The van der Waals surface area contributed by atoms with Crippen LogP contribution in [0.4, 0.5) is 17.1 Å². The Morgan fingerprint density at radius 1 is 0.593 bits per heavy atom. The second-order valence-electron chi connectivity index (χ2n) is 15.0. The molecule has 0 amide bonds. The number of nitrogens with two attached hydrogens (primary N) is 1. The number of benzene rings is 8. The third-order valence-electron chi connectivity index (χ3n) is 11.7. The number of anilines is 3. The Balaban J connectivity index is 0.000000547. The predicted molar refractivity (Wildman–Crippen MR) is 248 cm³/mol. The zero-order valence-electron chi connectivity index (χ0n) is 32.7. The van der Waals surface area contributed by atoms with E-state index in [2.05, 4.69) is 192 Å². The minimum atomic E-state index is -0.571. The molecule has 0 fully saturated rings. The third kappa shape index (κ3) is 5.93. The standard InChI is InChI=1S/C47H34N4S.C7H8/c1-49-44(30-38(48)31-16-4-2-5-17-31)51-39-24-12-8-20-33(39)45-42(51)29-28-37-46(45)52-43-27-15-11-23-36(43)47(37)34-21-9-13-25-40(34)50(32-18-6-3-7-19-32)41-26-14-10-22-35(41)47;1-7-5-3-2-4-6-7/h2-30,38H,1,48H2;2-6H,1H3/b44-30+;. The molecule has 0 aliphatic carbocycles. The minimum absolute atomic E-state index is 0.345. The van der Waals surface area contributed by atoms with Gasteiger partial charge in [-0.25, -0.2) is 4.99 Å². The minimum Gasteiger partial charge on any atom is -0.321 e. The van der Waals surface area contributed by atoms with Gasteiger partial charge in [0.25, 0.3) is 0 Å². The fourth-order valence-corrected chi connectivity index (χ4v) is 10.5. The van der Waals surface area contributed by atoms with Gasteiger partial charge in [0.1, 0.15) is 5.82 Å². The molecule has 2 N–H and O–H groups in total. The van der Waals surface area contributed by atoms with Gasteiger partial charge in [0, 0.05) is 26.3 Å². The van der Waals surface area contributed by atoms with E-state index in [4.69, 9.17) is 5.73 Å². The molecule has 59 heavy (non-hydrogen) atoms. The van der Waals surface area contributed by atoms with E-state index in [1.54, 1.807) is 0 Å². The van der Waals surface area contributed by atoms with Crippen molar-refractivity contribution in [3.63, 3.8) is 0 Å². The van der Waals surface area contributed by atoms with Crippen LogP contribution in [-0.4, -0.2) is 11.3 Å². The van der Waals surface area contributed by atoms with Crippen LogP contribution in [0.1, 0.15) is 39.4 Å². The van der Waals surface area contributed by atoms with Crippen molar-refractivity contribution >= 4 is 63.2 Å². The molecule has 284 valence electrons. The van der Waals surface area contributed by atoms with Gasteiger partial charge in [0.05, 0.1) is 33.9 Å². The van der Waals surface area contributed by atoms with Crippen molar-refractivity contribution in [2.45, 2.75) is 28.2 Å². The molecular weight excluding hydrogens is 737 g/mol. The van der Waals surface area contributed by atoms with Crippen LogP contribution in [0.5, 0.6) is 0 Å². The SMILES string of the molecule is C=N/C(=C\C(N)c1ccccc1)n1c2ccccc2c2c3c(ccc21)C1(c2ccccc2S3)c2ccccc2N(c2ccccc2)c2ccccc21.Cc1ccccc1. The number of hydrogen-bond donors (Lipinski definition) is 1. The van der Waals surface area contributed by atoms with E-state index in [1.165, 1.54) is 59.8 Å². The van der Waals surface area contributed by atoms with Crippen molar-refractivity contribution < 1.29 is 0 Å². The number of para-hydroxylation sites is 4. The van der Waals surface area contributed by atoms with Crippen LogP contribution in [0.25, 0.3) is 27.6 Å². The molecule has 9 aromatic rings. The Bertz CT molecular complexity index is 2980. The summed E-state index contributed by atoms with van der Waals surface area (Å²) in [6, 6.07) is 70.9. The van der Waals surface area contributed by atoms with Gasteiger partial charge in [0.2, 0.25) is 0 Å². The van der Waals surface area contributed by atoms with Crippen LogP contribution in [0.3, 0.4) is 0 Å². The summed E-state index contributed by atoms with van der Waals surface area (Å²) in [6.07, 6.45) is 2.02. The lowest BCUT2D eigenvalue weighted by Gasteiger charge is -2.49. The predicted octanol–water partition coefficient (Wildman–Crippen LogP) is 13.6. The Labute approximate surface area is 349 Å². The molecule has 0 radical (unpaired) electrons. The number of aromatic nitrogens is 1. The molecule has 1 unspecified atom stereocenters. The van der Waals surface area contributed by atoms with Crippen molar-refractivity contribution in [2.24, 2.45) is 10.7 Å². The first-order chi connectivity index (χ1) is 29.1. The summed E-state index contributed by atoms with van der Waals surface area (Å²) < 4.78 is 2.23. The molecule has 11 rings (SSSR count). The van der Waals surface area contributed by atoms with Gasteiger partial charge >= 0.3 is 0 Å². The average Bonchev–Trinajstić information content (AvgIpc) is 3.64. The fourth-order valence-electron chi connectivity index (χ4n) is 9.14. The molecular formula is C54H42N4S. The average molecular weight is 779 g/mol. The van der Waals surface area contributed by atoms with Gasteiger partial charge in [-0.2, -0.15) is 0 Å². The van der Waals surface area contributed by atoms with Crippen LogP contribution in [0.15, 0.2) is 221 Å². The molecule has 8 aromatic carbocycles. The lowest BCUT2D eigenvalue weighted by atomic mass is 9.62. The maximum absolute atomic E-state index is 6.78. The molecule has 1 aromatic heterocycles. The highest BCUT2D eigenvalue weighted by atomic mass is 32.2. The summed E-state index contributed by atoms with van der Waals surface area (Å²) in [7, 11) is 0. The van der Waals surface area contributed by atoms with Gasteiger partial charge in [-0.3, -0.25) is 4.57 Å². The Morgan fingerprint density at radius 2 is 1.15 bits per heavy atom. The molecule has 2 aliphatic rings. The summed E-state index contributed by atoms with van der Waals surface area (Å²) in [5, 5.41) is 2.37. The van der Waals surface area contributed by atoms with E-state index in [-0.39, 0.29) is 6.04 Å². The Kier molecular flexibility index (Phi) is 9.33. The van der Waals surface area contributed by atoms with E-state index in [0.29, 0.717) is 5.82 Å². The normalized spacial score (nSPS) is 14.1. The van der Waals surface area contributed by atoms with E-state index in [0.717, 1.165) is 22.3 Å². The number of hydrogen-bond acceptors (Lipinski definition) is 4. The van der Waals surface area contributed by atoms with Crippen LogP contribution in [0.2, 0.25) is 0 Å². The largest absolute Gasteiger partial charge is 0.321 e. The maximum atomic E-state index is 6.78. The molecule has 1 spiro atoms. The van der Waals surface area contributed by atoms with E-state index >= 15 is 0 Å². The summed E-state index contributed by atoms with van der Waals surface area (Å²) >= 11 is 1.87. The van der Waals surface area contributed by atoms with Gasteiger partial charge < -0.3 is 10.6 Å². The first-order valence-electron chi connectivity index (χ1n) is 20.0. The lowest BCUT2D eigenvalue weighted by molar-refractivity contribution is 0.695. The summed E-state index contributed by atoms with van der Waals surface area (Å²) in [5.41, 5.74) is 19.3. The number of nitrogens with zero attached hydrogens (tertiary/aromatic N) is 3. The Hall–Kier alpha value is -6.92. The number of rotatable bonds is 5. The zero-order chi connectivity index (χ0) is 39.9. The van der Waals surface area contributed by atoms with Crippen molar-refractivity contribution in [2.75, 3.05) is 4.90 Å². The summed E-state index contributed by atoms with van der Waals surface area (Å²) in [6.45, 7) is 6.12. The fraction of sp³-hybridized carbons (Fsp3) is 0.0556. The van der Waals surface area contributed by atoms with Gasteiger partial charge in [-0.15, -0.1) is 0 Å². The highest BCUT2D eigenvalue weighted by Crippen LogP contribution is 2.64. The van der Waals surface area contributed by atoms with Crippen molar-refractivity contribution in [1.29, 1.82) is 0 Å². The van der Waals surface area contributed by atoms with E-state index in [1.807, 2.05) is 54.2 Å². The molecule has 2 aliphatic heterocycles. The quantitative estimate of drug-likeness (QED) is 0.177. The topological polar surface area (TPSA) is 46.5 Å². The molecule has 5 heteroatoms. The van der Waals surface area contributed by atoms with Crippen molar-refractivity contribution in [3.05, 3.63) is 240 Å². The number of aryl methyl sites for hydroxylation is 1. The van der Waals surface area contributed by atoms with Crippen molar-refractivity contribution in [1.82, 2.24) is 4.57 Å². The Morgan fingerprint density at radius 3 is 1.80 bits per heavy atom. The van der Waals surface area contributed by atoms with Crippen LogP contribution < -0.4 is 10.6 Å². The summed E-state index contributed by atoms with van der Waals surface area (Å²) in [4.78, 5) is 9.53. The maximum Gasteiger partial charge on any atom is 0.134 e. The highest BCUT2D eigenvalue weighted by molar-refractivity contribution is 7.99. The molecule has 3 heterocycles. The van der Waals surface area contributed by atoms with E-state index < -0.39 is 5.41 Å². The van der Waals surface area contributed by atoms with E-state index in [9.17, 15) is 0 Å². The smallest absolute Gasteiger partial charge is 0.134 e. The third-order valence-corrected chi connectivity index (χ3v) is 12.9. The second kappa shape index (κ2) is 15.1. The highest BCUT2D eigenvalue weighted by Gasteiger charge is 2.50. The van der Waals surface area contributed by atoms with Gasteiger partial charge in [0.15, 0.2) is 0 Å². The molecule has 4 nitrogen and oxygen atoms in total.